The van der Waals surface area contributed by atoms with Crippen LogP contribution in [0.4, 0.5) is 5.69 Å². The lowest BCUT2D eigenvalue weighted by Crippen LogP contribution is -2.34. The molecule has 2 rings (SSSR count). The van der Waals surface area contributed by atoms with Crippen LogP contribution in [-0.2, 0) is 0 Å². The van der Waals surface area contributed by atoms with E-state index in [1.165, 1.54) is 12.1 Å². The van der Waals surface area contributed by atoms with Crippen LogP contribution in [0, 0.1) is 0 Å². The third kappa shape index (κ3) is 5.69. The molecule has 2 aromatic rings. The Kier molecular flexibility index (Phi) is 7.38. The van der Waals surface area contributed by atoms with Gasteiger partial charge < -0.3 is 10.6 Å². The number of carbonyl (C=O) groups excluding carboxylic acids is 2. The number of nitrogens with one attached hydrogen (secondary N) is 3. The predicted octanol–water partition coefficient (Wildman–Crippen LogP) is 4.26. The van der Waals surface area contributed by atoms with Crippen LogP contribution in [0.25, 0.3) is 0 Å². The lowest BCUT2D eigenvalue weighted by atomic mass is 10.2. The van der Waals surface area contributed by atoms with Crippen molar-refractivity contribution in [1.29, 1.82) is 0 Å². The molecule has 0 fully saturated rings. The molecule has 2 amide bonds. The van der Waals surface area contributed by atoms with Crippen molar-refractivity contribution < 1.29 is 9.59 Å². The first kappa shape index (κ1) is 20.2. The van der Waals surface area contributed by atoms with Crippen molar-refractivity contribution in [1.82, 2.24) is 10.6 Å². The van der Waals surface area contributed by atoms with E-state index in [0.29, 0.717) is 22.8 Å². The Hall–Kier alpha value is -2.15. The second-order valence-electron chi connectivity index (χ2n) is 5.37. The molecule has 3 N–H and O–H groups in total. The maximum Gasteiger partial charge on any atom is 0.258 e. The average Bonchev–Trinajstić information content (AvgIpc) is 2.60. The Morgan fingerprint density at radius 1 is 1.04 bits per heavy atom. The average molecular weight is 410 g/mol. The number of hydrogen-bond acceptors (Lipinski definition) is 3. The zero-order valence-electron chi connectivity index (χ0n) is 13.9. The van der Waals surface area contributed by atoms with E-state index in [2.05, 4.69) is 16.0 Å². The monoisotopic (exact) mass is 409 g/mol. The standard InChI is InChI=1S/C18H17Cl2N3O2S/c1-2-9-21-16(24)11-3-6-13(7-4-11)22-18(26)23-17(25)14-8-5-12(19)10-15(14)20/h3-8,10H,2,9H2,1H3,(H,21,24)(H2,22,23,25,26). The second-order valence-corrected chi connectivity index (χ2v) is 6.62. The SMILES string of the molecule is CCCNC(=O)c1ccc(NC(=S)NC(=O)c2ccc(Cl)cc2Cl)cc1. The number of thiocarbonyl (C=S) groups is 1. The van der Waals surface area contributed by atoms with Gasteiger partial charge in [0.05, 0.1) is 10.6 Å². The van der Waals surface area contributed by atoms with E-state index in [4.69, 9.17) is 35.4 Å². The van der Waals surface area contributed by atoms with Gasteiger partial charge in [-0.3, -0.25) is 14.9 Å². The molecular formula is C18H17Cl2N3O2S. The van der Waals surface area contributed by atoms with Gasteiger partial charge in [0.25, 0.3) is 11.8 Å². The molecule has 0 spiro atoms. The summed E-state index contributed by atoms with van der Waals surface area (Å²) in [5.74, 6) is -0.577. The number of carbonyl (C=O) groups is 2. The molecule has 26 heavy (non-hydrogen) atoms. The maximum absolute atomic E-state index is 12.2. The third-order valence-corrected chi connectivity index (χ3v) is 4.10. The van der Waals surface area contributed by atoms with Gasteiger partial charge in [0.1, 0.15) is 0 Å². The van der Waals surface area contributed by atoms with E-state index in [1.807, 2.05) is 6.92 Å². The molecule has 0 aliphatic heterocycles. The molecule has 0 aliphatic carbocycles. The summed E-state index contributed by atoms with van der Waals surface area (Å²) in [6.45, 7) is 2.61. The van der Waals surface area contributed by atoms with Crippen molar-refractivity contribution in [2.24, 2.45) is 0 Å². The number of halogens is 2. The van der Waals surface area contributed by atoms with Gasteiger partial charge in [-0.15, -0.1) is 0 Å². The second kappa shape index (κ2) is 9.52. The van der Waals surface area contributed by atoms with Crippen molar-refractivity contribution in [2.45, 2.75) is 13.3 Å². The number of benzene rings is 2. The highest BCUT2D eigenvalue weighted by molar-refractivity contribution is 7.80. The molecule has 0 bridgehead atoms. The molecule has 0 aromatic heterocycles. The Balaban J connectivity index is 1.95. The number of rotatable bonds is 5. The van der Waals surface area contributed by atoms with Crippen LogP contribution in [-0.4, -0.2) is 23.5 Å². The van der Waals surface area contributed by atoms with Crippen LogP contribution in [0.2, 0.25) is 10.0 Å². The van der Waals surface area contributed by atoms with Crippen LogP contribution in [0.1, 0.15) is 34.1 Å². The summed E-state index contributed by atoms with van der Waals surface area (Å²) in [6, 6.07) is 11.3. The van der Waals surface area contributed by atoms with Gasteiger partial charge in [0.2, 0.25) is 0 Å². The summed E-state index contributed by atoms with van der Waals surface area (Å²) in [6.07, 6.45) is 0.872. The van der Waals surface area contributed by atoms with Crippen molar-refractivity contribution in [3.63, 3.8) is 0 Å². The summed E-state index contributed by atoms with van der Waals surface area (Å²) in [4.78, 5) is 24.1. The molecule has 0 heterocycles. The van der Waals surface area contributed by atoms with Crippen molar-refractivity contribution in [3.05, 3.63) is 63.6 Å². The summed E-state index contributed by atoms with van der Waals surface area (Å²) in [5, 5.41) is 9.02. The van der Waals surface area contributed by atoms with Gasteiger partial charge >= 0.3 is 0 Å². The Morgan fingerprint density at radius 2 is 1.73 bits per heavy atom. The normalized spacial score (nSPS) is 10.1. The fourth-order valence-electron chi connectivity index (χ4n) is 2.05. The number of hydrogen-bond donors (Lipinski definition) is 3. The summed E-state index contributed by atoms with van der Waals surface area (Å²) in [7, 11) is 0. The molecule has 2 aromatic carbocycles. The zero-order chi connectivity index (χ0) is 19.1. The summed E-state index contributed by atoms with van der Waals surface area (Å²) >= 11 is 17.0. The largest absolute Gasteiger partial charge is 0.352 e. The van der Waals surface area contributed by atoms with Crippen LogP contribution in [0.5, 0.6) is 0 Å². The first-order valence-electron chi connectivity index (χ1n) is 7.86. The minimum Gasteiger partial charge on any atom is -0.352 e. The number of amides is 2. The molecule has 0 saturated heterocycles. The van der Waals surface area contributed by atoms with Crippen molar-refractivity contribution in [2.75, 3.05) is 11.9 Å². The van der Waals surface area contributed by atoms with Crippen molar-refractivity contribution >= 4 is 58.0 Å². The van der Waals surface area contributed by atoms with Crippen LogP contribution >= 0.6 is 35.4 Å². The van der Waals surface area contributed by atoms with E-state index < -0.39 is 5.91 Å². The van der Waals surface area contributed by atoms with Gasteiger partial charge in [-0.05, 0) is 61.1 Å². The minimum absolute atomic E-state index is 0.115. The minimum atomic E-state index is -0.445. The molecular weight excluding hydrogens is 393 g/mol. The van der Waals surface area contributed by atoms with Crippen LogP contribution < -0.4 is 16.0 Å². The Labute approximate surface area is 167 Å². The molecule has 0 atom stereocenters. The predicted molar refractivity (Wildman–Crippen MR) is 109 cm³/mol. The molecule has 0 saturated carbocycles. The molecule has 0 radical (unpaired) electrons. The summed E-state index contributed by atoms with van der Waals surface area (Å²) in [5.41, 5.74) is 1.46. The quantitative estimate of drug-likeness (QED) is 0.645. The van der Waals surface area contributed by atoms with Gasteiger partial charge in [-0.25, -0.2) is 0 Å². The van der Waals surface area contributed by atoms with E-state index in [9.17, 15) is 9.59 Å². The molecule has 8 heteroatoms. The Morgan fingerprint density at radius 3 is 2.35 bits per heavy atom. The molecule has 0 unspecified atom stereocenters. The van der Waals surface area contributed by atoms with E-state index in [-0.39, 0.29) is 21.6 Å². The highest BCUT2D eigenvalue weighted by Gasteiger charge is 2.12. The molecule has 5 nitrogen and oxygen atoms in total. The van der Waals surface area contributed by atoms with Gasteiger partial charge in [-0.2, -0.15) is 0 Å². The number of anilines is 1. The van der Waals surface area contributed by atoms with Gasteiger partial charge in [0, 0.05) is 22.8 Å². The topological polar surface area (TPSA) is 70.2 Å². The Bertz CT molecular complexity index is 826. The highest BCUT2D eigenvalue weighted by atomic mass is 35.5. The van der Waals surface area contributed by atoms with Gasteiger partial charge in [0.15, 0.2) is 5.11 Å². The fourth-order valence-corrected chi connectivity index (χ4v) is 2.76. The highest BCUT2D eigenvalue weighted by Crippen LogP contribution is 2.20. The molecule has 0 aliphatic rings. The molecule has 136 valence electrons. The van der Waals surface area contributed by atoms with Gasteiger partial charge in [-0.1, -0.05) is 30.1 Å². The smallest absolute Gasteiger partial charge is 0.258 e. The van der Waals surface area contributed by atoms with Crippen molar-refractivity contribution in [3.8, 4) is 0 Å². The summed E-state index contributed by atoms with van der Waals surface area (Å²) < 4.78 is 0. The van der Waals surface area contributed by atoms with E-state index in [1.54, 1.807) is 30.3 Å². The zero-order valence-corrected chi connectivity index (χ0v) is 16.3. The van der Waals surface area contributed by atoms with Crippen LogP contribution in [0.3, 0.4) is 0 Å². The third-order valence-electron chi connectivity index (χ3n) is 3.34. The fraction of sp³-hybridized carbons (Fsp3) is 0.167. The first-order valence-corrected chi connectivity index (χ1v) is 9.02. The van der Waals surface area contributed by atoms with E-state index >= 15 is 0 Å². The van der Waals surface area contributed by atoms with E-state index in [0.717, 1.165) is 6.42 Å². The lowest BCUT2D eigenvalue weighted by molar-refractivity contribution is 0.0951. The maximum atomic E-state index is 12.2. The first-order chi connectivity index (χ1) is 12.4. The van der Waals surface area contributed by atoms with Crippen LogP contribution in [0.15, 0.2) is 42.5 Å². The lowest BCUT2D eigenvalue weighted by Gasteiger charge is -2.11.